The zero-order chi connectivity index (χ0) is 11.2. The summed E-state index contributed by atoms with van der Waals surface area (Å²) >= 11 is 0. The van der Waals surface area contributed by atoms with Gasteiger partial charge in [0.1, 0.15) is 11.6 Å². The second-order valence-electron chi connectivity index (χ2n) is 4.40. The van der Waals surface area contributed by atoms with E-state index in [2.05, 4.69) is 5.32 Å². The number of halogens is 1. The smallest absolute Gasteiger partial charge is 0.268 e. The Morgan fingerprint density at radius 1 is 1.31 bits per heavy atom. The van der Waals surface area contributed by atoms with Crippen LogP contribution in [0.25, 0.3) is 0 Å². The van der Waals surface area contributed by atoms with Crippen molar-refractivity contribution in [2.24, 2.45) is 0 Å². The number of carbonyl (C=O) groups is 1. The molecule has 16 heavy (non-hydrogen) atoms. The maximum absolute atomic E-state index is 13.0. The van der Waals surface area contributed by atoms with Crippen LogP contribution in [0.15, 0.2) is 18.2 Å². The number of nitrogens with one attached hydrogen (secondary N) is 1. The lowest BCUT2D eigenvalue weighted by atomic mass is 9.98. The van der Waals surface area contributed by atoms with Gasteiger partial charge in [-0.05, 0) is 37.8 Å². The van der Waals surface area contributed by atoms with E-state index < -0.39 is 5.60 Å². The lowest BCUT2D eigenvalue weighted by Crippen LogP contribution is -2.48. The molecule has 0 aromatic heterocycles. The summed E-state index contributed by atoms with van der Waals surface area (Å²) in [5.74, 6) is 0.0658. The molecule has 1 fully saturated rings. The number of anilines is 1. The highest BCUT2D eigenvalue weighted by Crippen LogP contribution is 2.41. The first-order valence-electron chi connectivity index (χ1n) is 5.50. The molecule has 1 aliphatic heterocycles. The molecule has 1 spiro atoms. The van der Waals surface area contributed by atoms with Crippen LogP contribution in [0.4, 0.5) is 10.1 Å². The number of amides is 1. The topological polar surface area (TPSA) is 38.3 Å². The normalized spacial score (nSPS) is 21.4. The third-order valence-corrected chi connectivity index (χ3v) is 3.32. The Hall–Kier alpha value is -1.58. The second kappa shape index (κ2) is 3.20. The Kier molecular flexibility index (Phi) is 1.93. The van der Waals surface area contributed by atoms with Gasteiger partial charge < -0.3 is 10.1 Å². The first-order chi connectivity index (χ1) is 7.70. The molecule has 3 rings (SSSR count). The van der Waals surface area contributed by atoms with Crippen LogP contribution in [-0.2, 0) is 4.79 Å². The molecule has 1 aromatic carbocycles. The molecule has 0 bridgehead atoms. The summed E-state index contributed by atoms with van der Waals surface area (Å²) in [4.78, 5) is 11.9. The van der Waals surface area contributed by atoms with E-state index >= 15 is 0 Å². The van der Waals surface area contributed by atoms with Crippen molar-refractivity contribution in [1.29, 1.82) is 0 Å². The average Bonchev–Trinajstić information content (AvgIpc) is 2.70. The summed E-state index contributed by atoms with van der Waals surface area (Å²) in [6.07, 6.45) is 3.50. The van der Waals surface area contributed by atoms with Gasteiger partial charge in [0.15, 0.2) is 5.60 Å². The molecule has 1 saturated carbocycles. The van der Waals surface area contributed by atoms with Gasteiger partial charge in [-0.25, -0.2) is 4.39 Å². The van der Waals surface area contributed by atoms with Crippen molar-refractivity contribution in [3.05, 3.63) is 24.0 Å². The molecule has 3 nitrogen and oxygen atoms in total. The van der Waals surface area contributed by atoms with Crippen LogP contribution in [0.1, 0.15) is 25.7 Å². The fraction of sp³-hybridized carbons (Fsp3) is 0.417. The van der Waals surface area contributed by atoms with Gasteiger partial charge >= 0.3 is 0 Å². The van der Waals surface area contributed by atoms with Crippen LogP contribution in [0, 0.1) is 5.82 Å². The SMILES string of the molecule is O=C1Nc2cc(F)ccc2OC12CCCC2. The first kappa shape index (κ1) is 9.63. The summed E-state index contributed by atoms with van der Waals surface area (Å²) in [7, 11) is 0. The summed E-state index contributed by atoms with van der Waals surface area (Å²) in [5.41, 5.74) is -0.271. The Morgan fingerprint density at radius 3 is 2.81 bits per heavy atom. The molecular formula is C12H12FNO2. The van der Waals surface area contributed by atoms with Gasteiger partial charge in [0, 0.05) is 6.07 Å². The average molecular weight is 221 g/mol. The Labute approximate surface area is 92.6 Å². The number of rotatable bonds is 0. The van der Waals surface area contributed by atoms with Crippen LogP contribution in [0.5, 0.6) is 5.75 Å². The van der Waals surface area contributed by atoms with E-state index in [-0.39, 0.29) is 11.7 Å². The molecule has 0 saturated heterocycles. The lowest BCUT2D eigenvalue weighted by molar-refractivity contribution is -0.131. The van der Waals surface area contributed by atoms with E-state index in [1.54, 1.807) is 6.07 Å². The Balaban J connectivity index is 2.01. The fourth-order valence-electron chi connectivity index (χ4n) is 2.46. The Bertz CT molecular complexity index is 452. The van der Waals surface area contributed by atoms with Crippen molar-refractivity contribution in [3.8, 4) is 5.75 Å². The van der Waals surface area contributed by atoms with E-state index in [9.17, 15) is 9.18 Å². The van der Waals surface area contributed by atoms with Crippen molar-refractivity contribution < 1.29 is 13.9 Å². The van der Waals surface area contributed by atoms with Crippen molar-refractivity contribution in [2.75, 3.05) is 5.32 Å². The molecule has 1 aromatic rings. The highest BCUT2D eigenvalue weighted by atomic mass is 19.1. The van der Waals surface area contributed by atoms with Gasteiger partial charge in [-0.2, -0.15) is 0 Å². The van der Waals surface area contributed by atoms with Crippen LogP contribution in [0.3, 0.4) is 0 Å². The monoisotopic (exact) mass is 221 g/mol. The van der Waals surface area contributed by atoms with E-state index in [0.29, 0.717) is 11.4 Å². The summed E-state index contributed by atoms with van der Waals surface area (Å²) in [6.45, 7) is 0. The number of hydrogen-bond donors (Lipinski definition) is 1. The summed E-state index contributed by atoms with van der Waals surface area (Å²) in [6, 6.07) is 4.21. The predicted molar refractivity (Wildman–Crippen MR) is 56.9 cm³/mol. The molecule has 84 valence electrons. The number of ether oxygens (including phenoxy) is 1. The minimum Gasteiger partial charge on any atom is -0.475 e. The van der Waals surface area contributed by atoms with Gasteiger partial charge in [0.05, 0.1) is 5.69 Å². The fourth-order valence-corrected chi connectivity index (χ4v) is 2.46. The summed E-state index contributed by atoms with van der Waals surface area (Å²) in [5, 5.41) is 2.73. The van der Waals surface area contributed by atoms with Crippen molar-refractivity contribution >= 4 is 11.6 Å². The zero-order valence-corrected chi connectivity index (χ0v) is 8.75. The highest BCUT2D eigenvalue weighted by molar-refractivity contribution is 6.00. The molecule has 1 N–H and O–H groups in total. The van der Waals surface area contributed by atoms with E-state index in [1.807, 2.05) is 0 Å². The first-order valence-corrected chi connectivity index (χ1v) is 5.50. The molecule has 1 amide bonds. The van der Waals surface area contributed by atoms with Crippen LogP contribution < -0.4 is 10.1 Å². The molecule has 0 unspecified atom stereocenters. The molecule has 1 aliphatic carbocycles. The van der Waals surface area contributed by atoms with Crippen molar-refractivity contribution in [3.63, 3.8) is 0 Å². The van der Waals surface area contributed by atoms with E-state index in [0.717, 1.165) is 25.7 Å². The van der Waals surface area contributed by atoms with Gasteiger partial charge in [0.25, 0.3) is 5.91 Å². The minimum absolute atomic E-state index is 0.136. The maximum atomic E-state index is 13.0. The minimum atomic E-state index is -0.704. The lowest BCUT2D eigenvalue weighted by Gasteiger charge is -2.34. The largest absolute Gasteiger partial charge is 0.475 e. The molecule has 2 aliphatic rings. The predicted octanol–water partition coefficient (Wildman–Crippen LogP) is 2.47. The Morgan fingerprint density at radius 2 is 2.06 bits per heavy atom. The van der Waals surface area contributed by atoms with Crippen LogP contribution in [-0.4, -0.2) is 11.5 Å². The number of hydrogen-bond acceptors (Lipinski definition) is 2. The molecule has 4 heteroatoms. The maximum Gasteiger partial charge on any atom is 0.268 e. The zero-order valence-electron chi connectivity index (χ0n) is 8.75. The molecule has 0 atom stereocenters. The third kappa shape index (κ3) is 1.29. The molecular weight excluding hydrogens is 209 g/mol. The number of fused-ring (bicyclic) bond motifs is 1. The molecule has 0 radical (unpaired) electrons. The van der Waals surface area contributed by atoms with Gasteiger partial charge in [-0.3, -0.25) is 4.79 Å². The van der Waals surface area contributed by atoms with Crippen molar-refractivity contribution in [2.45, 2.75) is 31.3 Å². The van der Waals surface area contributed by atoms with Crippen LogP contribution in [0.2, 0.25) is 0 Å². The van der Waals surface area contributed by atoms with E-state index in [1.165, 1.54) is 12.1 Å². The summed E-state index contributed by atoms with van der Waals surface area (Å²) < 4.78 is 18.8. The third-order valence-electron chi connectivity index (χ3n) is 3.32. The van der Waals surface area contributed by atoms with E-state index in [4.69, 9.17) is 4.74 Å². The van der Waals surface area contributed by atoms with Gasteiger partial charge in [-0.15, -0.1) is 0 Å². The highest BCUT2D eigenvalue weighted by Gasteiger charge is 2.46. The number of benzene rings is 1. The van der Waals surface area contributed by atoms with Gasteiger partial charge in [0.2, 0.25) is 0 Å². The van der Waals surface area contributed by atoms with Crippen LogP contribution >= 0.6 is 0 Å². The quantitative estimate of drug-likeness (QED) is 0.730. The van der Waals surface area contributed by atoms with Gasteiger partial charge in [-0.1, -0.05) is 0 Å². The second-order valence-corrected chi connectivity index (χ2v) is 4.40. The molecule has 1 heterocycles. The standard InChI is InChI=1S/C12H12FNO2/c13-8-3-4-10-9(7-8)14-11(15)12(16-10)5-1-2-6-12/h3-4,7H,1-2,5-6H2,(H,14,15). The van der Waals surface area contributed by atoms with Crippen molar-refractivity contribution in [1.82, 2.24) is 0 Å². The number of carbonyl (C=O) groups excluding carboxylic acids is 1.